The van der Waals surface area contributed by atoms with Crippen LogP contribution in [0.3, 0.4) is 0 Å². The number of nitro groups is 1. The van der Waals surface area contributed by atoms with Gasteiger partial charge >= 0.3 is 0 Å². The SMILES string of the molecule is N#CC[C@@H](c1ccc(Br)c([N+](=O)[O-])c1)N1CCNCC1. The van der Waals surface area contributed by atoms with E-state index in [-0.39, 0.29) is 11.7 Å². The lowest BCUT2D eigenvalue weighted by atomic mass is 10.0. The number of hydrogen-bond donors (Lipinski definition) is 1. The number of halogens is 1. The van der Waals surface area contributed by atoms with Gasteiger partial charge in [-0.3, -0.25) is 15.0 Å². The van der Waals surface area contributed by atoms with Crippen molar-refractivity contribution in [2.24, 2.45) is 0 Å². The normalized spacial score (nSPS) is 17.4. The maximum Gasteiger partial charge on any atom is 0.283 e. The van der Waals surface area contributed by atoms with Gasteiger partial charge in [-0.1, -0.05) is 6.07 Å². The van der Waals surface area contributed by atoms with Gasteiger partial charge in [0.25, 0.3) is 5.69 Å². The first-order valence-electron chi connectivity index (χ1n) is 6.39. The topological polar surface area (TPSA) is 82.2 Å². The van der Waals surface area contributed by atoms with Gasteiger partial charge in [-0.2, -0.15) is 5.26 Å². The van der Waals surface area contributed by atoms with Gasteiger partial charge < -0.3 is 5.32 Å². The van der Waals surface area contributed by atoms with Gasteiger partial charge in [-0.15, -0.1) is 0 Å². The number of nitrogens with zero attached hydrogens (tertiary/aromatic N) is 3. The highest BCUT2D eigenvalue weighted by Gasteiger charge is 2.24. The van der Waals surface area contributed by atoms with Gasteiger partial charge in [-0.25, -0.2) is 0 Å². The minimum Gasteiger partial charge on any atom is -0.314 e. The fourth-order valence-electron chi connectivity index (χ4n) is 2.41. The molecule has 1 atom stereocenters. The number of rotatable bonds is 4. The predicted octanol–water partition coefficient (Wildman–Crippen LogP) is 2.22. The summed E-state index contributed by atoms with van der Waals surface area (Å²) in [6.07, 6.45) is 0.332. The van der Waals surface area contributed by atoms with Gasteiger partial charge in [0.1, 0.15) is 0 Å². The van der Waals surface area contributed by atoms with Crippen LogP contribution in [0.25, 0.3) is 0 Å². The van der Waals surface area contributed by atoms with Gasteiger partial charge in [0.15, 0.2) is 0 Å². The molecule has 0 aromatic heterocycles. The van der Waals surface area contributed by atoms with E-state index >= 15 is 0 Å². The molecule has 7 heteroatoms. The molecule has 1 aliphatic rings. The molecule has 1 saturated heterocycles. The second-order valence-electron chi connectivity index (χ2n) is 4.63. The molecule has 0 unspecified atom stereocenters. The minimum absolute atomic E-state index is 0.0422. The lowest BCUT2D eigenvalue weighted by Gasteiger charge is -2.34. The highest BCUT2D eigenvalue weighted by atomic mass is 79.9. The average Bonchev–Trinajstić information content (AvgIpc) is 2.46. The lowest BCUT2D eigenvalue weighted by molar-refractivity contribution is -0.385. The first-order valence-corrected chi connectivity index (χ1v) is 7.18. The van der Waals surface area contributed by atoms with E-state index < -0.39 is 4.92 Å². The Labute approximate surface area is 125 Å². The zero-order valence-electron chi connectivity index (χ0n) is 10.9. The van der Waals surface area contributed by atoms with E-state index in [4.69, 9.17) is 5.26 Å². The van der Waals surface area contributed by atoms with Gasteiger partial charge in [0.2, 0.25) is 0 Å². The minimum atomic E-state index is -0.408. The smallest absolute Gasteiger partial charge is 0.283 e. The second-order valence-corrected chi connectivity index (χ2v) is 5.49. The Hall–Kier alpha value is -1.49. The molecule has 0 aliphatic carbocycles. The molecule has 1 aromatic rings. The molecule has 6 nitrogen and oxygen atoms in total. The Morgan fingerprint density at radius 2 is 2.20 bits per heavy atom. The summed E-state index contributed by atoms with van der Waals surface area (Å²) in [5.74, 6) is 0. The largest absolute Gasteiger partial charge is 0.314 e. The molecule has 0 spiro atoms. The summed E-state index contributed by atoms with van der Waals surface area (Å²) >= 11 is 3.18. The molecule has 1 aliphatic heterocycles. The highest BCUT2D eigenvalue weighted by Crippen LogP contribution is 2.31. The van der Waals surface area contributed by atoms with Crippen LogP contribution in [-0.2, 0) is 0 Å². The number of hydrogen-bond acceptors (Lipinski definition) is 5. The third kappa shape index (κ3) is 3.33. The molecule has 2 rings (SSSR count). The van der Waals surface area contributed by atoms with E-state index in [0.29, 0.717) is 10.9 Å². The van der Waals surface area contributed by atoms with Gasteiger partial charge in [-0.05, 0) is 27.6 Å². The van der Waals surface area contributed by atoms with Crippen molar-refractivity contribution in [1.29, 1.82) is 5.26 Å². The van der Waals surface area contributed by atoms with Crippen LogP contribution in [0.4, 0.5) is 5.69 Å². The second kappa shape index (κ2) is 6.79. The molecule has 1 aromatic carbocycles. The fraction of sp³-hybridized carbons (Fsp3) is 0.462. The van der Waals surface area contributed by atoms with E-state index in [1.165, 1.54) is 0 Å². The van der Waals surface area contributed by atoms with E-state index in [2.05, 4.69) is 32.2 Å². The summed E-state index contributed by atoms with van der Waals surface area (Å²) in [6.45, 7) is 3.44. The van der Waals surface area contributed by atoms with Crippen LogP contribution in [0.2, 0.25) is 0 Å². The van der Waals surface area contributed by atoms with Crippen molar-refractivity contribution in [1.82, 2.24) is 10.2 Å². The van der Waals surface area contributed by atoms with Crippen molar-refractivity contribution in [3.63, 3.8) is 0 Å². The Balaban J connectivity index is 2.31. The molecule has 20 heavy (non-hydrogen) atoms. The molecule has 1 N–H and O–H groups in total. The number of piperazine rings is 1. The van der Waals surface area contributed by atoms with Crippen LogP contribution in [0.1, 0.15) is 18.0 Å². The zero-order valence-corrected chi connectivity index (χ0v) is 12.5. The lowest BCUT2D eigenvalue weighted by Crippen LogP contribution is -2.45. The first-order chi connectivity index (χ1) is 9.63. The summed E-state index contributed by atoms with van der Waals surface area (Å²) in [5.41, 5.74) is 0.865. The van der Waals surface area contributed by atoms with E-state index in [1.54, 1.807) is 12.1 Å². The molecule has 0 radical (unpaired) electrons. The highest BCUT2D eigenvalue weighted by molar-refractivity contribution is 9.10. The summed E-state index contributed by atoms with van der Waals surface area (Å²) < 4.78 is 0.460. The molecule has 0 bridgehead atoms. The van der Waals surface area contributed by atoms with Crippen molar-refractivity contribution in [2.45, 2.75) is 12.5 Å². The molecular weight excluding hydrogens is 324 g/mol. The summed E-state index contributed by atoms with van der Waals surface area (Å²) in [5, 5.41) is 23.3. The standard InChI is InChI=1S/C13H15BrN4O2/c14-11-2-1-10(9-13(11)18(19)20)12(3-4-15)17-7-5-16-6-8-17/h1-2,9,12,16H,3,5-8H2/t12-/m0/s1. The molecular formula is C13H15BrN4O2. The predicted molar refractivity (Wildman–Crippen MR) is 78.2 cm³/mol. The average molecular weight is 339 g/mol. The van der Waals surface area contributed by atoms with Crippen LogP contribution in [0, 0.1) is 21.4 Å². The Morgan fingerprint density at radius 3 is 2.80 bits per heavy atom. The van der Waals surface area contributed by atoms with Crippen molar-refractivity contribution in [3.8, 4) is 6.07 Å². The Bertz CT molecular complexity index is 538. The Kier molecular flexibility index (Phi) is 5.06. The summed E-state index contributed by atoms with van der Waals surface area (Å²) in [7, 11) is 0. The fourth-order valence-corrected chi connectivity index (χ4v) is 2.81. The van der Waals surface area contributed by atoms with Gasteiger partial charge in [0, 0.05) is 38.3 Å². The molecule has 0 saturated carbocycles. The number of nitriles is 1. The van der Waals surface area contributed by atoms with Gasteiger partial charge in [0.05, 0.1) is 21.9 Å². The number of nitrogens with one attached hydrogen (secondary N) is 1. The summed E-state index contributed by atoms with van der Waals surface area (Å²) in [4.78, 5) is 12.8. The number of benzene rings is 1. The van der Waals surface area contributed by atoms with Crippen LogP contribution in [0.5, 0.6) is 0 Å². The molecule has 1 fully saturated rings. The van der Waals surface area contributed by atoms with E-state index in [1.807, 2.05) is 6.07 Å². The molecule has 0 amide bonds. The monoisotopic (exact) mass is 338 g/mol. The third-order valence-electron chi connectivity index (χ3n) is 3.43. The maximum absolute atomic E-state index is 11.0. The third-order valence-corrected chi connectivity index (χ3v) is 4.10. The molecule has 106 valence electrons. The van der Waals surface area contributed by atoms with Crippen molar-refractivity contribution in [3.05, 3.63) is 38.3 Å². The first kappa shape index (κ1) is 14.9. The zero-order chi connectivity index (χ0) is 14.5. The number of nitro benzene ring substituents is 1. The van der Waals surface area contributed by atoms with Crippen LogP contribution in [0.15, 0.2) is 22.7 Å². The molecule has 1 heterocycles. The summed E-state index contributed by atoms with van der Waals surface area (Å²) in [6, 6.07) is 7.19. The van der Waals surface area contributed by atoms with Crippen LogP contribution in [-0.4, -0.2) is 36.0 Å². The van der Waals surface area contributed by atoms with Crippen molar-refractivity contribution >= 4 is 21.6 Å². The maximum atomic E-state index is 11.0. The van der Waals surface area contributed by atoms with Crippen molar-refractivity contribution < 1.29 is 4.92 Å². The van der Waals surface area contributed by atoms with E-state index in [9.17, 15) is 10.1 Å². The Morgan fingerprint density at radius 1 is 1.50 bits per heavy atom. The van der Waals surface area contributed by atoms with Crippen LogP contribution >= 0.6 is 15.9 Å². The quantitative estimate of drug-likeness (QED) is 0.672. The van der Waals surface area contributed by atoms with Crippen molar-refractivity contribution in [2.75, 3.05) is 26.2 Å². The van der Waals surface area contributed by atoms with Crippen LogP contribution < -0.4 is 5.32 Å². The van der Waals surface area contributed by atoms with E-state index in [0.717, 1.165) is 31.7 Å².